The van der Waals surface area contributed by atoms with Gasteiger partial charge in [-0.05, 0) is 104 Å². The molecule has 1 aliphatic carbocycles. The van der Waals surface area contributed by atoms with Crippen LogP contribution >= 0.6 is 11.3 Å². The van der Waals surface area contributed by atoms with Crippen molar-refractivity contribution >= 4 is 59.6 Å². The highest BCUT2D eigenvalue weighted by Crippen LogP contribution is 2.57. The van der Waals surface area contributed by atoms with Crippen molar-refractivity contribution in [3.8, 4) is 22.3 Å². The molecule has 0 radical (unpaired) electrons. The van der Waals surface area contributed by atoms with Gasteiger partial charge in [-0.3, -0.25) is 4.90 Å². The van der Waals surface area contributed by atoms with E-state index in [0.29, 0.717) is 0 Å². The van der Waals surface area contributed by atoms with Crippen molar-refractivity contribution in [2.75, 3.05) is 4.90 Å². The monoisotopic (exact) mass is 718 g/mol. The van der Waals surface area contributed by atoms with Crippen molar-refractivity contribution in [1.29, 1.82) is 0 Å². The summed E-state index contributed by atoms with van der Waals surface area (Å²) in [5.74, 6) is 0.883. The van der Waals surface area contributed by atoms with E-state index in [1.54, 1.807) is 0 Å². The Morgan fingerprint density at radius 3 is 1.73 bits per heavy atom. The van der Waals surface area contributed by atoms with Gasteiger partial charge in [-0.2, -0.15) is 0 Å². The third-order valence-corrected chi connectivity index (χ3v) is 12.4. The summed E-state index contributed by atoms with van der Waals surface area (Å²) in [6.07, 6.45) is 0. The minimum atomic E-state index is -0.505. The van der Waals surface area contributed by atoms with E-state index in [-0.39, 0.29) is 0 Å². The smallest absolute Gasteiger partial charge is 0.138 e. The van der Waals surface area contributed by atoms with E-state index in [9.17, 15) is 0 Å². The summed E-state index contributed by atoms with van der Waals surface area (Å²) in [4.78, 5) is 7.86. The molecule has 0 saturated carbocycles. The normalized spacial score (nSPS) is 12.9. The summed E-state index contributed by atoms with van der Waals surface area (Å²) < 4.78 is 2.44. The molecule has 11 rings (SSSR count). The summed E-state index contributed by atoms with van der Waals surface area (Å²) in [6.45, 7) is 0. The molecule has 0 amide bonds. The first-order valence-corrected chi connectivity index (χ1v) is 19.6. The summed E-state index contributed by atoms with van der Waals surface area (Å²) in [6, 6.07) is 75.1. The van der Waals surface area contributed by atoms with Crippen molar-refractivity contribution in [2.45, 2.75) is 5.41 Å². The zero-order valence-electron chi connectivity index (χ0n) is 29.9. The summed E-state index contributed by atoms with van der Waals surface area (Å²) in [5, 5.41) is 3.67. The van der Waals surface area contributed by atoms with Gasteiger partial charge in [-0.25, -0.2) is 4.98 Å². The lowest BCUT2D eigenvalue weighted by Gasteiger charge is -2.34. The fourth-order valence-electron chi connectivity index (χ4n) is 8.86. The first-order valence-electron chi connectivity index (χ1n) is 18.8. The number of pyridine rings is 1. The molecule has 1 aliphatic rings. The average Bonchev–Trinajstić information content (AvgIpc) is 3.76. The molecular weight excluding hydrogens is 685 g/mol. The lowest BCUT2D eigenvalue weighted by Crippen LogP contribution is -2.28. The number of rotatable bonds is 6. The predicted octanol–water partition coefficient (Wildman–Crippen LogP) is 14.1. The summed E-state index contributed by atoms with van der Waals surface area (Å²) >= 11 is 1.81. The summed E-state index contributed by atoms with van der Waals surface area (Å²) in [7, 11) is 0. The van der Waals surface area contributed by atoms with Crippen LogP contribution in [0.3, 0.4) is 0 Å². The molecule has 0 fully saturated rings. The van der Waals surface area contributed by atoms with Crippen LogP contribution < -0.4 is 4.90 Å². The van der Waals surface area contributed by atoms with Crippen LogP contribution in [0.2, 0.25) is 0 Å². The van der Waals surface area contributed by atoms with E-state index in [2.05, 4.69) is 211 Å². The maximum atomic E-state index is 5.53. The average molecular weight is 719 g/mol. The molecule has 8 aromatic carbocycles. The number of benzene rings is 8. The van der Waals surface area contributed by atoms with Gasteiger partial charge in [-0.1, -0.05) is 158 Å². The van der Waals surface area contributed by atoms with E-state index in [1.807, 2.05) is 11.3 Å². The number of aromatic nitrogens is 1. The molecule has 3 heteroatoms. The SMILES string of the molecule is c1ccc(-c2ccc(N(c3ccc4c(c3)C(c3ccccc3)(c3ccccc3)c3ccccc3-4)c3ccc4sc5cc6ccccc6cc5c4n3)cc2)cc1. The molecule has 2 heterocycles. The highest BCUT2D eigenvalue weighted by atomic mass is 32.1. The molecule has 0 spiro atoms. The van der Waals surface area contributed by atoms with Gasteiger partial charge in [0.15, 0.2) is 0 Å². The molecule has 0 bridgehead atoms. The lowest BCUT2D eigenvalue weighted by atomic mass is 9.67. The van der Waals surface area contributed by atoms with Crippen LogP contribution in [0.15, 0.2) is 206 Å². The first-order chi connectivity index (χ1) is 27.3. The maximum Gasteiger partial charge on any atom is 0.138 e. The Bertz CT molecular complexity index is 2980. The van der Waals surface area contributed by atoms with E-state index < -0.39 is 5.41 Å². The second kappa shape index (κ2) is 12.7. The number of hydrogen-bond acceptors (Lipinski definition) is 3. The van der Waals surface area contributed by atoms with Crippen molar-refractivity contribution < 1.29 is 0 Å². The van der Waals surface area contributed by atoms with E-state index >= 15 is 0 Å². The van der Waals surface area contributed by atoms with E-state index in [1.165, 1.54) is 70.1 Å². The topological polar surface area (TPSA) is 16.1 Å². The van der Waals surface area contributed by atoms with Gasteiger partial charge in [0.1, 0.15) is 5.82 Å². The molecular formula is C52H34N2S. The van der Waals surface area contributed by atoms with Crippen LogP contribution in [0.1, 0.15) is 22.3 Å². The number of thiophene rings is 1. The maximum absolute atomic E-state index is 5.53. The van der Waals surface area contributed by atoms with Crippen LogP contribution in [0.25, 0.3) is 53.3 Å². The van der Waals surface area contributed by atoms with Crippen LogP contribution in [-0.2, 0) is 5.41 Å². The number of anilines is 3. The van der Waals surface area contributed by atoms with Crippen LogP contribution in [0.4, 0.5) is 17.2 Å². The first kappa shape index (κ1) is 31.7. The Balaban J connectivity index is 1.16. The zero-order valence-corrected chi connectivity index (χ0v) is 30.7. The van der Waals surface area contributed by atoms with E-state index in [4.69, 9.17) is 4.98 Å². The van der Waals surface area contributed by atoms with Crippen molar-refractivity contribution in [3.05, 3.63) is 229 Å². The molecule has 0 saturated heterocycles. The van der Waals surface area contributed by atoms with Crippen molar-refractivity contribution in [3.63, 3.8) is 0 Å². The fourth-order valence-corrected chi connectivity index (χ4v) is 9.94. The lowest BCUT2D eigenvalue weighted by molar-refractivity contribution is 0.768. The predicted molar refractivity (Wildman–Crippen MR) is 232 cm³/mol. The quantitative estimate of drug-likeness (QED) is 0.170. The number of nitrogens with zero attached hydrogens (tertiary/aromatic N) is 2. The minimum Gasteiger partial charge on any atom is -0.295 e. The van der Waals surface area contributed by atoms with Gasteiger partial charge in [0.2, 0.25) is 0 Å². The Kier molecular flexibility index (Phi) is 7.29. The number of hydrogen-bond donors (Lipinski definition) is 0. The zero-order chi connectivity index (χ0) is 36.3. The van der Waals surface area contributed by atoms with Crippen molar-refractivity contribution in [1.82, 2.24) is 4.98 Å². The third kappa shape index (κ3) is 4.97. The third-order valence-electron chi connectivity index (χ3n) is 11.3. The Hall–Kier alpha value is -6.81. The van der Waals surface area contributed by atoms with Gasteiger partial charge in [-0.15, -0.1) is 11.3 Å². The fraction of sp³-hybridized carbons (Fsp3) is 0.0192. The van der Waals surface area contributed by atoms with Crippen molar-refractivity contribution in [2.24, 2.45) is 0 Å². The Morgan fingerprint density at radius 1 is 0.418 bits per heavy atom. The molecule has 0 unspecified atom stereocenters. The number of fused-ring (bicyclic) bond motifs is 7. The van der Waals surface area contributed by atoms with Gasteiger partial charge in [0.25, 0.3) is 0 Å². The van der Waals surface area contributed by atoms with Gasteiger partial charge in [0, 0.05) is 21.5 Å². The second-order valence-electron chi connectivity index (χ2n) is 14.3. The second-order valence-corrected chi connectivity index (χ2v) is 15.4. The highest BCUT2D eigenvalue weighted by molar-refractivity contribution is 7.25. The molecule has 0 N–H and O–H groups in total. The Morgan fingerprint density at radius 2 is 1.00 bits per heavy atom. The van der Waals surface area contributed by atoms with E-state index in [0.717, 1.165) is 22.7 Å². The molecule has 2 nitrogen and oxygen atoms in total. The Labute approximate surface area is 324 Å². The summed E-state index contributed by atoms with van der Waals surface area (Å²) in [5.41, 5.74) is 12.6. The van der Waals surface area contributed by atoms with Gasteiger partial charge in [0.05, 0.1) is 15.6 Å². The minimum absolute atomic E-state index is 0.505. The molecule has 10 aromatic rings. The largest absolute Gasteiger partial charge is 0.295 e. The molecule has 2 aromatic heterocycles. The van der Waals surface area contributed by atoms with Gasteiger partial charge >= 0.3 is 0 Å². The molecule has 0 aliphatic heterocycles. The van der Waals surface area contributed by atoms with Crippen LogP contribution in [0.5, 0.6) is 0 Å². The van der Waals surface area contributed by atoms with Gasteiger partial charge < -0.3 is 0 Å². The molecule has 258 valence electrons. The standard InChI is InChI=1S/C52H34N2S/c1-4-14-35(15-5-1)36-24-26-41(27-25-36)54(50-31-30-48-51(53-50)45-32-37-16-10-11-17-38(37)33-49(45)55-48)42-28-29-44-43-22-12-13-23-46(43)52(47(44)34-42,39-18-6-2-7-19-39)40-20-8-3-9-21-40/h1-34H. The van der Waals surface area contributed by atoms with Crippen LogP contribution in [0, 0.1) is 0 Å². The highest BCUT2D eigenvalue weighted by Gasteiger charge is 2.46. The molecule has 55 heavy (non-hydrogen) atoms. The molecule has 0 atom stereocenters. The van der Waals surface area contributed by atoms with Crippen LogP contribution in [-0.4, -0.2) is 4.98 Å².